The minimum Gasteiger partial charge on any atom is -0.478 e. The average molecular weight is 223 g/mol. The largest absolute Gasteiger partial charge is 0.478 e. The molecule has 4 heteroatoms. The van der Waals surface area contributed by atoms with Crippen molar-refractivity contribution in [1.82, 2.24) is 0 Å². The number of thioether (sulfide) groups is 1. The number of nitrogens with two attached hydrogens (primary N) is 1. The standard InChI is InChI=1S/C11H13NO2S/c1-15-10-7-8(5-6-9(10)12)3-2-4-11(13)14/h2,4-7H,3,12H2,1H3,(H,13,14)/b4-2+. The summed E-state index contributed by atoms with van der Waals surface area (Å²) in [6, 6.07) is 5.73. The molecule has 0 atom stereocenters. The van der Waals surface area contributed by atoms with Gasteiger partial charge in [-0.15, -0.1) is 11.8 Å². The van der Waals surface area contributed by atoms with Crippen molar-refractivity contribution in [3.05, 3.63) is 35.9 Å². The Labute approximate surface area is 93.0 Å². The molecule has 0 saturated carbocycles. The Kier molecular flexibility index (Phi) is 4.24. The lowest BCUT2D eigenvalue weighted by molar-refractivity contribution is -0.131. The van der Waals surface area contributed by atoms with Gasteiger partial charge in [-0.05, 0) is 30.4 Å². The summed E-state index contributed by atoms with van der Waals surface area (Å²) in [5.74, 6) is -0.921. The van der Waals surface area contributed by atoms with Gasteiger partial charge in [0.1, 0.15) is 0 Å². The highest BCUT2D eigenvalue weighted by Gasteiger charge is 1.98. The molecule has 1 aromatic carbocycles. The van der Waals surface area contributed by atoms with Gasteiger partial charge in [-0.25, -0.2) is 4.79 Å². The molecule has 0 aliphatic heterocycles. The van der Waals surface area contributed by atoms with E-state index in [0.29, 0.717) is 6.42 Å². The van der Waals surface area contributed by atoms with E-state index in [-0.39, 0.29) is 0 Å². The van der Waals surface area contributed by atoms with E-state index in [2.05, 4.69) is 0 Å². The molecule has 0 aromatic heterocycles. The number of anilines is 1. The van der Waals surface area contributed by atoms with E-state index in [1.54, 1.807) is 17.8 Å². The fraction of sp³-hybridized carbons (Fsp3) is 0.182. The minimum atomic E-state index is -0.921. The number of nitrogen functional groups attached to an aromatic ring is 1. The van der Waals surface area contributed by atoms with Crippen LogP contribution in [0.3, 0.4) is 0 Å². The smallest absolute Gasteiger partial charge is 0.327 e. The minimum absolute atomic E-state index is 0.611. The second-order valence-electron chi connectivity index (χ2n) is 3.02. The van der Waals surface area contributed by atoms with Crippen LogP contribution in [0.15, 0.2) is 35.2 Å². The fourth-order valence-electron chi connectivity index (χ4n) is 1.18. The molecule has 1 rings (SSSR count). The quantitative estimate of drug-likeness (QED) is 0.466. The number of carboxylic acids is 1. The van der Waals surface area contributed by atoms with Crippen LogP contribution in [-0.4, -0.2) is 17.3 Å². The normalized spacial score (nSPS) is 10.7. The van der Waals surface area contributed by atoms with Gasteiger partial charge >= 0.3 is 5.97 Å². The third kappa shape index (κ3) is 3.67. The van der Waals surface area contributed by atoms with Crippen molar-refractivity contribution in [2.45, 2.75) is 11.3 Å². The number of rotatable bonds is 4. The monoisotopic (exact) mass is 223 g/mol. The molecular weight excluding hydrogens is 210 g/mol. The predicted molar refractivity (Wildman–Crippen MR) is 63.1 cm³/mol. The Hall–Kier alpha value is -1.42. The number of hydrogen-bond acceptors (Lipinski definition) is 3. The lowest BCUT2D eigenvalue weighted by atomic mass is 10.1. The molecule has 0 aliphatic carbocycles. The zero-order valence-corrected chi connectivity index (χ0v) is 9.25. The summed E-state index contributed by atoms with van der Waals surface area (Å²) in [6.45, 7) is 0. The third-order valence-corrected chi connectivity index (χ3v) is 2.71. The molecule has 0 amide bonds. The Bertz CT molecular complexity index is 388. The van der Waals surface area contributed by atoms with Crippen molar-refractivity contribution < 1.29 is 9.90 Å². The first kappa shape index (κ1) is 11.7. The van der Waals surface area contributed by atoms with Crippen LogP contribution in [0.4, 0.5) is 5.69 Å². The number of carboxylic acid groups (broad SMARTS) is 1. The Morgan fingerprint density at radius 2 is 2.33 bits per heavy atom. The zero-order chi connectivity index (χ0) is 11.3. The molecule has 0 heterocycles. The molecule has 3 N–H and O–H groups in total. The molecule has 0 fully saturated rings. The number of benzene rings is 1. The molecule has 0 spiro atoms. The number of allylic oxidation sites excluding steroid dienone is 1. The first-order valence-corrected chi connectivity index (χ1v) is 5.68. The van der Waals surface area contributed by atoms with E-state index >= 15 is 0 Å². The molecule has 0 aliphatic rings. The van der Waals surface area contributed by atoms with Gasteiger partial charge < -0.3 is 10.8 Å². The summed E-state index contributed by atoms with van der Waals surface area (Å²) in [6.07, 6.45) is 5.34. The van der Waals surface area contributed by atoms with Crippen LogP contribution in [0.1, 0.15) is 5.56 Å². The topological polar surface area (TPSA) is 63.3 Å². The molecular formula is C11H13NO2S. The summed E-state index contributed by atoms with van der Waals surface area (Å²) in [5.41, 5.74) is 7.56. The van der Waals surface area contributed by atoms with E-state index in [0.717, 1.165) is 22.2 Å². The Morgan fingerprint density at radius 3 is 2.93 bits per heavy atom. The second kappa shape index (κ2) is 5.46. The second-order valence-corrected chi connectivity index (χ2v) is 3.87. The molecule has 80 valence electrons. The molecule has 1 aromatic rings. The number of carbonyl (C=O) groups is 1. The summed E-state index contributed by atoms with van der Waals surface area (Å²) in [7, 11) is 0. The van der Waals surface area contributed by atoms with Crippen LogP contribution in [-0.2, 0) is 11.2 Å². The number of aliphatic carboxylic acids is 1. The molecule has 0 unspecified atom stereocenters. The maximum Gasteiger partial charge on any atom is 0.327 e. The van der Waals surface area contributed by atoms with Gasteiger partial charge in [0.15, 0.2) is 0 Å². The van der Waals surface area contributed by atoms with Crippen LogP contribution in [0.2, 0.25) is 0 Å². The summed E-state index contributed by atoms with van der Waals surface area (Å²) < 4.78 is 0. The maximum absolute atomic E-state index is 10.3. The van der Waals surface area contributed by atoms with Crippen molar-refractivity contribution in [3.63, 3.8) is 0 Å². The van der Waals surface area contributed by atoms with Crippen LogP contribution in [0.25, 0.3) is 0 Å². The first-order valence-electron chi connectivity index (χ1n) is 4.45. The highest BCUT2D eigenvalue weighted by Crippen LogP contribution is 2.23. The van der Waals surface area contributed by atoms with Crippen LogP contribution in [0, 0.1) is 0 Å². The zero-order valence-electron chi connectivity index (χ0n) is 8.43. The van der Waals surface area contributed by atoms with E-state index < -0.39 is 5.97 Å². The van der Waals surface area contributed by atoms with Crippen molar-refractivity contribution in [2.75, 3.05) is 12.0 Å². The molecule has 0 saturated heterocycles. The van der Waals surface area contributed by atoms with Gasteiger partial charge in [-0.2, -0.15) is 0 Å². The maximum atomic E-state index is 10.3. The average Bonchev–Trinajstić information content (AvgIpc) is 2.20. The fourth-order valence-corrected chi connectivity index (χ4v) is 1.75. The summed E-state index contributed by atoms with van der Waals surface area (Å²) in [5, 5.41) is 8.43. The van der Waals surface area contributed by atoms with E-state index in [1.807, 2.05) is 24.5 Å². The lowest BCUT2D eigenvalue weighted by Crippen LogP contribution is -1.91. The SMILES string of the molecule is CSc1cc(C/C=C/C(=O)O)ccc1N. The summed E-state index contributed by atoms with van der Waals surface area (Å²) >= 11 is 1.58. The van der Waals surface area contributed by atoms with Crippen LogP contribution < -0.4 is 5.73 Å². The van der Waals surface area contributed by atoms with Crippen molar-refractivity contribution in [1.29, 1.82) is 0 Å². The predicted octanol–water partition coefficient (Wildman–Crippen LogP) is 2.17. The number of hydrogen-bond donors (Lipinski definition) is 2. The Balaban J connectivity index is 2.74. The summed E-state index contributed by atoms with van der Waals surface area (Å²) in [4.78, 5) is 11.3. The van der Waals surface area contributed by atoms with Gasteiger partial charge in [0.25, 0.3) is 0 Å². The van der Waals surface area contributed by atoms with Crippen LogP contribution in [0.5, 0.6) is 0 Å². The molecule has 3 nitrogen and oxygen atoms in total. The van der Waals surface area contributed by atoms with Gasteiger partial charge in [-0.1, -0.05) is 12.1 Å². The lowest BCUT2D eigenvalue weighted by Gasteiger charge is -2.04. The van der Waals surface area contributed by atoms with E-state index in [9.17, 15) is 4.79 Å². The van der Waals surface area contributed by atoms with Gasteiger partial charge in [0, 0.05) is 16.7 Å². The van der Waals surface area contributed by atoms with Crippen molar-refractivity contribution in [3.8, 4) is 0 Å². The van der Waals surface area contributed by atoms with E-state index in [1.165, 1.54) is 0 Å². The van der Waals surface area contributed by atoms with Gasteiger partial charge in [0.05, 0.1) is 0 Å². The molecule has 0 bridgehead atoms. The highest BCUT2D eigenvalue weighted by molar-refractivity contribution is 7.98. The van der Waals surface area contributed by atoms with Gasteiger partial charge in [0.2, 0.25) is 0 Å². The van der Waals surface area contributed by atoms with Gasteiger partial charge in [-0.3, -0.25) is 0 Å². The molecule has 15 heavy (non-hydrogen) atoms. The van der Waals surface area contributed by atoms with E-state index in [4.69, 9.17) is 10.8 Å². The van der Waals surface area contributed by atoms with Crippen molar-refractivity contribution in [2.24, 2.45) is 0 Å². The van der Waals surface area contributed by atoms with Crippen molar-refractivity contribution >= 4 is 23.4 Å². The molecule has 0 radical (unpaired) electrons. The first-order chi connectivity index (χ1) is 7.13. The highest BCUT2D eigenvalue weighted by atomic mass is 32.2. The Morgan fingerprint density at radius 1 is 1.60 bits per heavy atom. The third-order valence-electron chi connectivity index (χ3n) is 1.91. The van der Waals surface area contributed by atoms with Crippen LogP contribution >= 0.6 is 11.8 Å².